The van der Waals surface area contributed by atoms with Gasteiger partial charge in [0, 0.05) is 50.4 Å². The van der Waals surface area contributed by atoms with Gasteiger partial charge in [-0.25, -0.2) is 4.98 Å². The van der Waals surface area contributed by atoms with Crippen LogP contribution < -0.4 is 10.2 Å². The van der Waals surface area contributed by atoms with E-state index in [4.69, 9.17) is 14.7 Å². The molecule has 0 amide bonds. The smallest absolute Gasteiger partial charge is 0.227 e. The van der Waals surface area contributed by atoms with Crippen LogP contribution >= 0.6 is 0 Å². The minimum atomic E-state index is -0.993. The molecule has 0 radical (unpaired) electrons. The molecule has 1 N–H and O–H groups in total. The molecular weight excluding hydrogens is 360 g/mol. The number of aromatic nitrogens is 2. The largest absolute Gasteiger partial charge is 0.381 e. The SMILES string of the molecule is O=S1CCc2nc(N3CC(c4ccccc4)C3)nc(NC3CCOCC3)c21. The van der Waals surface area contributed by atoms with Gasteiger partial charge in [0.15, 0.2) is 0 Å². The summed E-state index contributed by atoms with van der Waals surface area (Å²) in [6, 6.07) is 10.9. The average molecular weight is 385 g/mol. The highest BCUT2D eigenvalue weighted by Crippen LogP contribution is 2.34. The van der Waals surface area contributed by atoms with Crippen LogP contribution in [0.15, 0.2) is 35.2 Å². The maximum Gasteiger partial charge on any atom is 0.227 e. The number of fused-ring (bicyclic) bond motifs is 1. The van der Waals surface area contributed by atoms with Crippen molar-refractivity contribution in [3.63, 3.8) is 0 Å². The van der Waals surface area contributed by atoms with E-state index < -0.39 is 10.8 Å². The average Bonchev–Trinajstić information content (AvgIpc) is 3.04. The summed E-state index contributed by atoms with van der Waals surface area (Å²) in [6.45, 7) is 3.41. The van der Waals surface area contributed by atoms with Crippen molar-refractivity contribution >= 4 is 22.6 Å². The zero-order valence-electron chi connectivity index (χ0n) is 15.3. The Bertz CT molecular complexity index is 849. The Morgan fingerprint density at radius 3 is 2.67 bits per heavy atom. The van der Waals surface area contributed by atoms with E-state index in [0.29, 0.717) is 17.7 Å². The number of rotatable bonds is 4. The number of nitrogens with zero attached hydrogens (tertiary/aromatic N) is 3. The van der Waals surface area contributed by atoms with Gasteiger partial charge in [0.05, 0.1) is 16.5 Å². The topological polar surface area (TPSA) is 67.4 Å². The molecule has 2 saturated heterocycles. The van der Waals surface area contributed by atoms with Gasteiger partial charge in [-0.1, -0.05) is 30.3 Å². The molecule has 0 bridgehead atoms. The molecule has 4 heterocycles. The molecule has 3 aliphatic heterocycles. The molecule has 1 aromatic heterocycles. The molecule has 3 aliphatic rings. The van der Waals surface area contributed by atoms with Crippen molar-refractivity contribution in [1.29, 1.82) is 0 Å². The lowest BCUT2D eigenvalue weighted by molar-refractivity contribution is 0.0903. The lowest BCUT2D eigenvalue weighted by Crippen LogP contribution is -2.46. The summed E-state index contributed by atoms with van der Waals surface area (Å²) >= 11 is 0. The Morgan fingerprint density at radius 1 is 1.11 bits per heavy atom. The fraction of sp³-hybridized carbons (Fsp3) is 0.500. The fourth-order valence-electron chi connectivity index (χ4n) is 4.04. The number of hydrogen-bond acceptors (Lipinski definition) is 6. The summed E-state index contributed by atoms with van der Waals surface area (Å²) in [5, 5.41) is 3.55. The summed E-state index contributed by atoms with van der Waals surface area (Å²) in [5.41, 5.74) is 2.33. The monoisotopic (exact) mass is 384 g/mol. The third-order valence-corrected chi connectivity index (χ3v) is 7.13. The van der Waals surface area contributed by atoms with Gasteiger partial charge in [0.25, 0.3) is 0 Å². The first-order valence-electron chi connectivity index (χ1n) is 9.71. The Hall–Kier alpha value is -1.99. The zero-order valence-corrected chi connectivity index (χ0v) is 16.1. The first kappa shape index (κ1) is 17.1. The summed E-state index contributed by atoms with van der Waals surface area (Å²) in [5.74, 6) is 2.74. The minimum Gasteiger partial charge on any atom is -0.381 e. The van der Waals surface area contributed by atoms with Crippen LogP contribution in [0.2, 0.25) is 0 Å². The number of ether oxygens (including phenoxy) is 1. The van der Waals surface area contributed by atoms with Crippen LogP contribution in [0.3, 0.4) is 0 Å². The van der Waals surface area contributed by atoms with E-state index in [2.05, 4.69) is 40.5 Å². The summed E-state index contributed by atoms with van der Waals surface area (Å²) in [6.07, 6.45) is 2.69. The van der Waals surface area contributed by atoms with Crippen molar-refractivity contribution in [3.8, 4) is 0 Å². The number of hydrogen-bond donors (Lipinski definition) is 1. The fourth-order valence-corrected chi connectivity index (χ4v) is 5.35. The van der Waals surface area contributed by atoms with Crippen molar-refractivity contribution in [3.05, 3.63) is 41.6 Å². The van der Waals surface area contributed by atoms with Crippen molar-refractivity contribution in [2.24, 2.45) is 0 Å². The van der Waals surface area contributed by atoms with Gasteiger partial charge in [-0.2, -0.15) is 4.98 Å². The predicted molar refractivity (Wildman–Crippen MR) is 106 cm³/mol. The van der Waals surface area contributed by atoms with Gasteiger partial charge < -0.3 is 15.0 Å². The first-order chi connectivity index (χ1) is 13.3. The van der Waals surface area contributed by atoms with Crippen LogP contribution in [0.25, 0.3) is 0 Å². The molecule has 5 rings (SSSR count). The van der Waals surface area contributed by atoms with Crippen molar-refractivity contribution < 1.29 is 8.95 Å². The molecule has 1 aromatic carbocycles. The second kappa shape index (κ2) is 7.20. The number of nitrogens with one attached hydrogen (secondary N) is 1. The van der Waals surface area contributed by atoms with E-state index in [1.165, 1.54) is 5.56 Å². The molecule has 27 heavy (non-hydrogen) atoms. The van der Waals surface area contributed by atoms with Gasteiger partial charge in [-0.05, 0) is 18.4 Å². The van der Waals surface area contributed by atoms with Crippen LogP contribution in [0.5, 0.6) is 0 Å². The molecule has 7 heteroatoms. The van der Waals surface area contributed by atoms with Crippen LogP contribution in [0.1, 0.15) is 30.0 Å². The van der Waals surface area contributed by atoms with Crippen molar-refractivity contribution in [2.45, 2.75) is 36.1 Å². The maximum absolute atomic E-state index is 12.5. The van der Waals surface area contributed by atoms with Gasteiger partial charge >= 0.3 is 0 Å². The molecular formula is C20H24N4O2S. The quantitative estimate of drug-likeness (QED) is 0.873. The minimum absolute atomic E-state index is 0.330. The molecule has 0 saturated carbocycles. The third kappa shape index (κ3) is 3.34. The first-order valence-corrected chi connectivity index (χ1v) is 11.0. The predicted octanol–water partition coefficient (Wildman–Crippen LogP) is 2.34. The Labute approximate surface area is 161 Å². The Kier molecular flexibility index (Phi) is 4.57. The zero-order chi connectivity index (χ0) is 18.2. The van der Waals surface area contributed by atoms with Gasteiger partial charge in [-0.15, -0.1) is 0 Å². The lowest BCUT2D eigenvalue weighted by atomic mass is 9.92. The van der Waals surface area contributed by atoms with E-state index >= 15 is 0 Å². The molecule has 142 valence electrons. The number of benzene rings is 1. The highest BCUT2D eigenvalue weighted by atomic mass is 32.2. The standard InChI is InChI=1S/C20H24N4O2S/c25-27-11-8-17-18(27)19(21-16-6-9-26-10-7-16)23-20(22-17)24-12-15(13-24)14-4-2-1-3-5-14/h1-5,15-16H,6-13H2,(H,21,22,23). The highest BCUT2D eigenvalue weighted by molar-refractivity contribution is 7.85. The molecule has 2 aromatic rings. The van der Waals surface area contributed by atoms with Gasteiger partial charge in [0.2, 0.25) is 5.95 Å². The molecule has 1 unspecified atom stereocenters. The molecule has 0 aliphatic carbocycles. The Balaban J connectivity index is 1.38. The normalized spacial score (nSPS) is 23.1. The molecule has 2 fully saturated rings. The third-order valence-electron chi connectivity index (χ3n) is 5.67. The highest BCUT2D eigenvalue weighted by Gasteiger charge is 2.33. The van der Waals surface area contributed by atoms with E-state index in [-0.39, 0.29) is 0 Å². The molecule has 1 atom stereocenters. The number of aryl methyl sites for hydroxylation is 1. The second-order valence-electron chi connectivity index (χ2n) is 7.49. The van der Waals surface area contributed by atoms with Crippen LogP contribution in [0.4, 0.5) is 11.8 Å². The molecule has 0 spiro atoms. The maximum atomic E-state index is 12.5. The Morgan fingerprint density at radius 2 is 1.89 bits per heavy atom. The van der Waals surface area contributed by atoms with Gasteiger partial charge in [0.1, 0.15) is 10.7 Å². The summed E-state index contributed by atoms with van der Waals surface area (Å²) in [7, 11) is -0.993. The van der Waals surface area contributed by atoms with Crippen molar-refractivity contribution in [2.75, 3.05) is 42.3 Å². The number of anilines is 2. The van der Waals surface area contributed by atoms with E-state index in [1.54, 1.807) is 0 Å². The summed E-state index contributed by atoms with van der Waals surface area (Å²) in [4.78, 5) is 12.6. The summed E-state index contributed by atoms with van der Waals surface area (Å²) < 4.78 is 17.9. The lowest BCUT2D eigenvalue weighted by Gasteiger charge is -2.40. The van der Waals surface area contributed by atoms with Crippen LogP contribution in [-0.4, -0.2) is 52.3 Å². The van der Waals surface area contributed by atoms with E-state index in [1.807, 2.05) is 0 Å². The van der Waals surface area contributed by atoms with Crippen LogP contribution in [0, 0.1) is 0 Å². The van der Waals surface area contributed by atoms with Gasteiger partial charge in [-0.3, -0.25) is 4.21 Å². The van der Waals surface area contributed by atoms with Crippen LogP contribution in [-0.2, 0) is 22.0 Å². The second-order valence-corrected chi connectivity index (χ2v) is 9.00. The van der Waals surface area contributed by atoms with Crippen molar-refractivity contribution in [1.82, 2.24) is 9.97 Å². The van der Waals surface area contributed by atoms with E-state index in [0.717, 1.165) is 67.9 Å². The molecule has 6 nitrogen and oxygen atoms in total. The van der Waals surface area contributed by atoms with E-state index in [9.17, 15) is 4.21 Å².